The molecular formula is C11H13FINS. The Labute approximate surface area is 107 Å². The summed E-state index contributed by atoms with van der Waals surface area (Å²) in [6, 6.07) is 5.46. The Morgan fingerprint density at radius 1 is 1.47 bits per heavy atom. The summed E-state index contributed by atoms with van der Waals surface area (Å²) in [6.07, 6.45) is 2.50. The quantitative estimate of drug-likeness (QED) is 0.826. The number of benzene rings is 1. The summed E-state index contributed by atoms with van der Waals surface area (Å²) >= 11 is 4.17. The van der Waals surface area contributed by atoms with Crippen molar-refractivity contribution in [1.82, 2.24) is 0 Å². The van der Waals surface area contributed by atoms with Crippen molar-refractivity contribution in [2.45, 2.75) is 18.9 Å². The van der Waals surface area contributed by atoms with Gasteiger partial charge in [0, 0.05) is 21.1 Å². The lowest BCUT2D eigenvalue weighted by Gasteiger charge is -2.24. The van der Waals surface area contributed by atoms with E-state index in [1.807, 2.05) is 17.8 Å². The second-order valence-electron chi connectivity index (χ2n) is 3.68. The fraction of sp³-hybridized carbons (Fsp3) is 0.455. The second-order valence-corrected chi connectivity index (χ2v) is 5.99. The third kappa shape index (κ3) is 3.24. The Morgan fingerprint density at radius 3 is 3.00 bits per heavy atom. The molecule has 0 radical (unpaired) electrons. The molecule has 2 rings (SSSR count). The van der Waals surface area contributed by atoms with Crippen LogP contribution in [0.5, 0.6) is 0 Å². The van der Waals surface area contributed by atoms with E-state index in [9.17, 15) is 4.39 Å². The third-order valence-corrected chi connectivity index (χ3v) is 4.56. The minimum atomic E-state index is -0.164. The molecule has 1 unspecified atom stereocenters. The van der Waals surface area contributed by atoms with Crippen LogP contribution in [0.2, 0.25) is 0 Å². The SMILES string of the molecule is Fc1ccc(NC2CCCSC2)c(I)c1. The maximum absolute atomic E-state index is 12.9. The number of hydrogen-bond donors (Lipinski definition) is 1. The molecule has 1 aliphatic heterocycles. The first-order valence-corrected chi connectivity index (χ1v) is 7.28. The monoisotopic (exact) mass is 337 g/mol. The molecule has 0 aromatic heterocycles. The van der Waals surface area contributed by atoms with E-state index in [0.29, 0.717) is 6.04 Å². The molecule has 1 nitrogen and oxygen atoms in total. The highest BCUT2D eigenvalue weighted by Gasteiger charge is 2.14. The molecule has 0 bridgehead atoms. The van der Waals surface area contributed by atoms with Crippen LogP contribution in [0.4, 0.5) is 10.1 Å². The molecule has 1 aliphatic rings. The van der Waals surface area contributed by atoms with Crippen LogP contribution in [0.25, 0.3) is 0 Å². The molecule has 4 heteroatoms. The first-order chi connectivity index (χ1) is 7.25. The summed E-state index contributed by atoms with van der Waals surface area (Å²) in [7, 11) is 0. The van der Waals surface area contributed by atoms with Crippen LogP contribution >= 0.6 is 34.4 Å². The van der Waals surface area contributed by atoms with Crippen molar-refractivity contribution < 1.29 is 4.39 Å². The molecule has 82 valence electrons. The first kappa shape index (κ1) is 11.5. The van der Waals surface area contributed by atoms with E-state index in [1.54, 1.807) is 6.07 Å². The van der Waals surface area contributed by atoms with Gasteiger partial charge in [-0.3, -0.25) is 0 Å². The van der Waals surface area contributed by atoms with Gasteiger partial charge in [-0.25, -0.2) is 4.39 Å². The van der Waals surface area contributed by atoms with Crippen LogP contribution in [0, 0.1) is 9.39 Å². The molecule has 1 fully saturated rings. The summed E-state index contributed by atoms with van der Waals surface area (Å²) in [6.45, 7) is 0. The molecule has 1 atom stereocenters. The Morgan fingerprint density at radius 2 is 2.33 bits per heavy atom. The molecule has 15 heavy (non-hydrogen) atoms. The zero-order chi connectivity index (χ0) is 10.7. The highest BCUT2D eigenvalue weighted by Crippen LogP contribution is 2.24. The van der Waals surface area contributed by atoms with Crippen molar-refractivity contribution in [3.05, 3.63) is 27.6 Å². The molecule has 1 aromatic carbocycles. The number of halogens is 2. The van der Waals surface area contributed by atoms with E-state index in [4.69, 9.17) is 0 Å². The van der Waals surface area contributed by atoms with E-state index in [-0.39, 0.29) is 5.82 Å². The van der Waals surface area contributed by atoms with Crippen LogP contribution in [0.1, 0.15) is 12.8 Å². The van der Waals surface area contributed by atoms with E-state index in [0.717, 1.165) is 15.0 Å². The minimum absolute atomic E-state index is 0.164. The van der Waals surface area contributed by atoms with Crippen molar-refractivity contribution in [2.75, 3.05) is 16.8 Å². The van der Waals surface area contributed by atoms with E-state index in [2.05, 4.69) is 27.9 Å². The summed E-state index contributed by atoms with van der Waals surface area (Å²) in [4.78, 5) is 0. The average Bonchev–Trinajstić information content (AvgIpc) is 2.24. The van der Waals surface area contributed by atoms with Gasteiger partial charge in [0.25, 0.3) is 0 Å². The van der Waals surface area contributed by atoms with Gasteiger partial charge in [0.2, 0.25) is 0 Å². The predicted octanol–water partition coefficient (Wildman–Crippen LogP) is 3.74. The maximum Gasteiger partial charge on any atom is 0.124 e. The Hall–Kier alpha value is 0.0300. The summed E-state index contributed by atoms with van der Waals surface area (Å²) in [5.41, 5.74) is 1.06. The van der Waals surface area contributed by atoms with Gasteiger partial charge in [0.1, 0.15) is 5.82 Å². The summed E-state index contributed by atoms with van der Waals surface area (Å²) < 4.78 is 13.9. The predicted molar refractivity (Wildman–Crippen MR) is 73.1 cm³/mol. The van der Waals surface area contributed by atoms with Crippen LogP contribution in [0.15, 0.2) is 18.2 Å². The fourth-order valence-corrected chi connectivity index (χ4v) is 3.39. The number of hydrogen-bond acceptors (Lipinski definition) is 2. The van der Waals surface area contributed by atoms with Crippen LogP contribution in [-0.4, -0.2) is 17.5 Å². The second kappa shape index (κ2) is 5.39. The number of anilines is 1. The molecule has 1 heterocycles. The van der Waals surface area contributed by atoms with Gasteiger partial charge in [-0.15, -0.1) is 0 Å². The lowest BCUT2D eigenvalue weighted by molar-refractivity contribution is 0.626. The largest absolute Gasteiger partial charge is 0.381 e. The standard InChI is InChI=1S/C11H13FINS/c12-8-3-4-11(10(13)6-8)14-9-2-1-5-15-7-9/h3-4,6,9,14H,1-2,5,7H2. The van der Waals surface area contributed by atoms with Gasteiger partial charge in [0.05, 0.1) is 0 Å². The van der Waals surface area contributed by atoms with Gasteiger partial charge in [-0.1, -0.05) is 0 Å². The molecular weight excluding hydrogens is 324 g/mol. The lowest BCUT2D eigenvalue weighted by atomic mass is 10.1. The molecule has 1 N–H and O–H groups in total. The molecule has 1 saturated heterocycles. The topological polar surface area (TPSA) is 12.0 Å². The Kier molecular flexibility index (Phi) is 4.13. The van der Waals surface area contributed by atoms with Gasteiger partial charge in [0.15, 0.2) is 0 Å². The maximum atomic E-state index is 12.9. The number of rotatable bonds is 2. The van der Waals surface area contributed by atoms with Gasteiger partial charge < -0.3 is 5.32 Å². The highest BCUT2D eigenvalue weighted by molar-refractivity contribution is 14.1. The van der Waals surface area contributed by atoms with E-state index in [1.165, 1.54) is 24.7 Å². The molecule has 0 saturated carbocycles. The fourth-order valence-electron chi connectivity index (χ4n) is 1.68. The average molecular weight is 337 g/mol. The molecule has 0 aliphatic carbocycles. The smallest absolute Gasteiger partial charge is 0.124 e. The van der Waals surface area contributed by atoms with Crippen molar-refractivity contribution in [3.8, 4) is 0 Å². The van der Waals surface area contributed by atoms with Gasteiger partial charge in [-0.2, -0.15) is 11.8 Å². The summed E-state index contributed by atoms with van der Waals surface area (Å²) in [5, 5.41) is 3.48. The van der Waals surface area contributed by atoms with Crippen molar-refractivity contribution >= 4 is 40.0 Å². The van der Waals surface area contributed by atoms with Crippen LogP contribution in [-0.2, 0) is 0 Å². The van der Waals surface area contributed by atoms with Crippen LogP contribution < -0.4 is 5.32 Å². The Bertz CT molecular complexity index is 339. The highest BCUT2D eigenvalue weighted by atomic mass is 127. The minimum Gasteiger partial charge on any atom is -0.381 e. The number of thioether (sulfide) groups is 1. The third-order valence-electron chi connectivity index (χ3n) is 2.45. The molecule has 1 aromatic rings. The van der Waals surface area contributed by atoms with E-state index >= 15 is 0 Å². The van der Waals surface area contributed by atoms with Gasteiger partial charge >= 0.3 is 0 Å². The van der Waals surface area contributed by atoms with Crippen molar-refractivity contribution in [2.24, 2.45) is 0 Å². The summed E-state index contributed by atoms with van der Waals surface area (Å²) in [5.74, 6) is 2.27. The molecule has 0 spiro atoms. The van der Waals surface area contributed by atoms with Crippen molar-refractivity contribution in [1.29, 1.82) is 0 Å². The first-order valence-electron chi connectivity index (χ1n) is 5.05. The van der Waals surface area contributed by atoms with Crippen LogP contribution in [0.3, 0.4) is 0 Å². The molecule has 0 amide bonds. The zero-order valence-electron chi connectivity index (χ0n) is 8.30. The van der Waals surface area contributed by atoms with Crippen molar-refractivity contribution in [3.63, 3.8) is 0 Å². The van der Waals surface area contributed by atoms with Gasteiger partial charge in [-0.05, 0) is 59.4 Å². The zero-order valence-corrected chi connectivity index (χ0v) is 11.3. The lowest BCUT2D eigenvalue weighted by Crippen LogP contribution is -2.26. The normalized spacial score (nSPS) is 21.3. The van der Waals surface area contributed by atoms with E-state index < -0.39 is 0 Å². The number of nitrogens with one attached hydrogen (secondary N) is 1. The Balaban J connectivity index is 2.03.